The van der Waals surface area contributed by atoms with Gasteiger partial charge in [-0.1, -0.05) is 6.92 Å². The third kappa shape index (κ3) is 2.95. The number of hydrogen-bond acceptors (Lipinski definition) is 3. The minimum atomic E-state index is -0.452. The summed E-state index contributed by atoms with van der Waals surface area (Å²) in [4.78, 5) is 23.2. The van der Waals surface area contributed by atoms with E-state index in [0.29, 0.717) is 6.54 Å². The standard InChI is InChI=1S/C11H21N3O2/c1-3-11(6-5-7-14-11)10(16)13-8-9(15)12-4-2/h14H,3-8H2,1-2H3,(H,12,15)(H,13,16). The predicted octanol–water partition coefficient (Wildman–Crippen LogP) is -0.229. The fourth-order valence-corrected chi connectivity index (χ4v) is 2.05. The third-order valence-corrected chi connectivity index (χ3v) is 3.07. The molecule has 1 fully saturated rings. The molecule has 5 heteroatoms. The second-order valence-electron chi connectivity index (χ2n) is 4.10. The molecule has 1 unspecified atom stereocenters. The largest absolute Gasteiger partial charge is 0.355 e. The molecule has 92 valence electrons. The molecule has 1 rings (SSSR count). The van der Waals surface area contributed by atoms with E-state index in [4.69, 9.17) is 0 Å². The molecule has 0 aromatic rings. The van der Waals surface area contributed by atoms with Crippen molar-refractivity contribution in [2.45, 2.75) is 38.6 Å². The van der Waals surface area contributed by atoms with Crippen LogP contribution in [0.1, 0.15) is 33.1 Å². The molecular weight excluding hydrogens is 206 g/mol. The molecule has 0 aromatic heterocycles. The first-order chi connectivity index (χ1) is 7.64. The molecule has 2 amide bonds. The van der Waals surface area contributed by atoms with E-state index in [9.17, 15) is 9.59 Å². The Labute approximate surface area is 96.4 Å². The van der Waals surface area contributed by atoms with E-state index in [0.717, 1.165) is 25.8 Å². The van der Waals surface area contributed by atoms with Crippen molar-refractivity contribution in [3.05, 3.63) is 0 Å². The highest BCUT2D eigenvalue weighted by atomic mass is 16.2. The van der Waals surface area contributed by atoms with Crippen molar-refractivity contribution in [2.75, 3.05) is 19.6 Å². The molecule has 1 heterocycles. The Bertz CT molecular complexity index is 260. The number of amides is 2. The summed E-state index contributed by atoms with van der Waals surface area (Å²) in [5.41, 5.74) is -0.452. The Morgan fingerprint density at radius 1 is 1.31 bits per heavy atom. The second kappa shape index (κ2) is 5.84. The molecule has 0 saturated carbocycles. The number of rotatable bonds is 5. The van der Waals surface area contributed by atoms with Crippen molar-refractivity contribution < 1.29 is 9.59 Å². The third-order valence-electron chi connectivity index (χ3n) is 3.07. The van der Waals surface area contributed by atoms with Crippen molar-refractivity contribution >= 4 is 11.8 Å². The maximum atomic E-state index is 12.0. The number of hydrogen-bond donors (Lipinski definition) is 3. The lowest BCUT2D eigenvalue weighted by Gasteiger charge is -2.26. The highest BCUT2D eigenvalue weighted by Crippen LogP contribution is 2.22. The first-order valence-corrected chi connectivity index (χ1v) is 5.94. The lowest BCUT2D eigenvalue weighted by molar-refractivity contribution is -0.130. The van der Waals surface area contributed by atoms with Gasteiger partial charge in [0.05, 0.1) is 12.1 Å². The first-order valence-electron chi connectivity index (χ1n) is 5.94. The quantitative estimate of drug-likeness (QED) is 0.607. The molecule has 1 aliphatic rings. The smallest absolute Gasteiger partial charge is 0.240 e. The summed E-state index contributed by atoms with van der Waals surface area (Å²) in [5.74, 6) is -0.196. The monoisotopic (exact) mass is 227 g/mol. The molecule has 16 heavy (non-hydrogen) atoms. The summed E-state index contributed by atoms with van der Waals surface area (Å²) in [6, 6.07) is 0. The maximum absolute atomic E-state index is 12.0. The van der Waals surface area contributed by atoms with Crippen LogP contribution >= 0.6 is 0 Å². The van der Waals surface area contributed by atoms with E-state index in [1.54, 1.807) is 0 Å². The summed E-state index contributed by atoms with van der Waals surface area (Å²) in [5, 5.41) is 8.57. The van der Waals surface area contributed by atoms with E-state index in [1.165, 1.54) is 0 Å². The van der Waals surface area contributed by atoms with Gasteiger partial charge in [0.25, 0.3) is 0 Å². The van der Waals surface area contributed by atoms with Crippen LogP contribution in [0.3, 0.4) is 0 Å². The van der Waals surface area contributed by atoms with Crippen molar-refractivity contribution in [3.8, 4) is 0 Å². The lowest BCUT2D eigenvalue weighted by Crippen LogP contribution is -2.54. The second-order valence-corrected chi connectivity index (χ2v) is 4.10. The summed E-state index contributed by atoms with van der Waals surface area (Å²) in [6.45, 7) is 5.38. The number of carbonyl (C=O) groups excluding carboxylic acids is 2. The van der Waals surface area contributed by atoms with Gasteiger partial charge in [0.15, 0.2) is 0 Å². The van der Waals surface area contributed by atoms with Gasteiger partial charge in [0.1, 0.15) is 0 Å². The summed E-state index contributed by atoms with van der Waals surface area (Å²) in [7, 11) is 0. The van der Waals surface area contributed by atoms with E-state index in [2.05, 4.69) is 16.0 Å². The van der Waals surface area contributed by atoms with Crippen molar-refractivity contribution in [2.24, 2.45) is 0 Å². The van der Waals surface area contributed by atoms with Crippen LogP contribution in [0.4, 0.5) is 0 Å². The van der Waals surface area contributed by atoms with Crippen LogP contribution in [0, 0.1) is 0 Å². The Hall–Kier alpha value is -1.10. The molecule has 0 aliphatic carbocycles. The predicted molar refractivity (Wildman–Crippen MR) is 62.0 cm³/mol. The molecule has 5 nitrogen and oxygen atoms in total. The summed E-state index contributed by atoms with van der Waals surface area (Å²) < 4.78 is 0. The zero-order valence-corrected chi connectivity index (χ0v) is 10.1. The highest BCUT2D eigenvalue weighted by Gasteiger charge is 2.38. The van der Waals surface area contributed by atoms with Crippen LogP contribution in [0.15, 0.2) is 0 Å². The Balaban J connectivity index is 2.41. The minimum absolute atomic E-state index is 0.0567. The SMILES string of the molecule is CCNC(=O)CNC(=O)C1(CC)CCCN1. The number of carbonyl (C=O) groups is 2. The molecule has 1 aliphatic heterocycles. The molecule has 0 spiro atoms. The minimum Gasteiger partial charge on any atom is -0.355 e. The fraction of sp³-hybridized carbons (Fsp3) is 0.818. The van der Waals surface area contributed by atoms with Crippen molar-refractivity contribution in [1.82, 2.24) is 16.0 Å². The van der Waals surface area contributed by atoms with Gasteiger partial charge in [-0.25, -0.2) is 0 Å². The zero-order valence-electron chi connectivity index (χ0n) is 10.1. The van der Waals surface area contributed by atoms with Gasteiger partial charge in [0.2, 0.25) is 11.8 Å². The summed E-state index contributed by atoms with van der Waals surface area (Å²) >= 11 is 0. The molecule has 3 N–H and O–H groups in total. The van der Waals surface area contributed by atoms with E-state index in [-0.39, 0.29) is 18.4 Å². The molecule has 0 radical (unpaired) electrons. The first kappa shape index (κ1) is 13.0. The molecule has 1 saturated heterocycles. The molecule has 1 atom stereocenters. The lowest BCUT2D eigenvalue weighted by atomic mass is 9.93. The average Bonchev–Trinajstić information content (AvgIpc) is 2.76. The number of likely N-dealkylation sites (N-methyl/N-ethyl adjacent to an activating group) is 1. The van der Waals surface area contributed by atoms with Crippen LogP contribution in [-0.2, 0) is 9.59 Å². The normalized spacial score (nSPS) is 24.1. The van der Waals surface area contributed by atoms with Crippen LogP contribution in [0.2, 0.25) is 0 Å². The van der Waals surface area contributed by atoms with Gasteiger partial charge in [-0.2, -0.15) is 0 Å². The summed E-state index contributed by atoms with van der Waals surface area (Å²) in [6.07, 6.45) is 2.63. The fourth-order valence-electron chi connectivity index (χ4n) is 2.05. The van der Waals surface area contributed by atoms with Gasteiger partial charge < -0.3 is 16.0 Å². The van der Waals surface area contributed by atoms with E-state index < -0.39 is 5.54 Å². The molecular formula is C11H21N3O2. The van der Waals surface area contributed by atoms with Gasteiger partial charge in [-0.3, -0.25) is 9.59 Å². The number of nitrogens with one attached hydrogen (secondary N) is 3. The van der Waals surface area contributed by atoms with Crippen LogP contribution in [0.5, 0.6) is 0 Å². The van der Waals surface area contributed by atoms with Gasteiger partial charge in [0, 0.05) is 6.54 Å². The van der Waals surface area contributed by atoms with Crippen molar-refractivity contribution in [3.63, 3.8) is 0 Å². The molecule has 0 bridgehead atoms. The average molecular weight is 227 g/mol. The van der Waals surface area contributed by atoms with Crippen molar-refractivity contribution in [1.29, 1.82) is 0 Å². The van der Waals surface area contributed by atoms with Crippen LogP contribution in [-0.4, -0.2) is 37.0 Å². The zero-order chi connectivity index (χ0) is 12.0. The van der Waals surface area contributed by atoms with Gasteiger partial charge in [-0.05, 0) is 32.7 Å². The van der Waals surface area contributed by atoms with Gasteiger partial charge in [-0.15, -0.1) is 0 Å². The highest BCUT2D eigenvalue weighted by molar-refractivity contribution is 5.90. The van der Waals surface area contributed by atoms with E-state index >= 15 is 0 Å². The van der Waals surface area contributed by atoms with E-state index in [1.807, 2.05) is 13.8 Å². The van der Waals surface area contributed by atoms with Crippen LogP contribution in [0.25, 0.3) is 0 Å². The molecule has 0 aromatic carbocycles. The maximum Gasteiger partial charge on any atom is 0.240 e. The Morgan fingerprint density at radius 2 is 2.06 bits per heavy atom. The Morgan fingerprint density at radius 3 is 2.56 bits per heavy atom. The van der Waals surface area contributed by atoms with Gasteiger partial charge >= 0.3 is 0 Å². The Kier molecular flexibility index (Phi) is 4.73. The van der Waals surface area contributed by atoms with Crippen LogP contribution < -0.4 is 16.0 Å². The topological polar surface area (TPSA) is 70.2 Å².